The summed E-state index contributed by atoms with van der Waals surface area (Å²) in [5.41, 5.74) is 5.70. The maximum absolute atomic E-state index is 12.5. The lowest BCUT2D eigenvalue weighted by Gasteiger charge is -2.12. The first-order valence-electron chi connectivity index (χ1n) is 5.70. The van der Waals surface area contributed by atoms with Crippen molar-refractivity contribution in [3.63, 3.8) is 0 Å². The van der Waals surface area contributed by atoms with Crippen LogP contribution in [0, 0.1) is 3.57 Å². The number of halogens is 4. The summed E-state index contributed by atoms with van der Waals surface area (Å²) in [6, 6.07) is 10.7. The van der Waals surface area contributed by atoms with Gasteiger partial charge in [0.05, 0.1) is 11.3 Å². The number of alkyl halides is 3. The second-order valence-electron chi connectivity index (χ2n) is 4.17. The summed E-state index contributed by atoms with van der Waals surface area (Å²) < 4.78 is 44.0. The van der Waals surface area contributed by atoms with Gasteiger partial charge in [0.25, 0.3) is 0 Å². The number of ether oxygens (including phenoxy) is 1. The Bertz CT molecular complexity index is 596. The lowest BCUT2D eigenvalue weighted by atomic mass is 10.2. The maximum atomic E-state index is 12.5. The predicted molar refractivity (Wildman–Crippen MR) is 79.3 cm³/mol. The van der Waals surface area contributed by atoms with E-state index in [1.165, 1.54) is 6.07 Å². The van der Waals surface area contributed by atoms with Crippen LogP contribution in [0.5, 0.6) is 5.75 Å². The zero-order valence-corrected chi connectivity index (χ0v) is 12.4. The minimum absolute atomic E-state index is 0.0228. The van der Waals surface area contributed by atoms with E-state index in [4.69, 9.17) is 10.5 Å². The van der Waals surface area contributed by atoms with E-state index in [9.17, 15) is 13.2 Å². The highest BCUT2D eigenvalue weighted by atomic mass is 127. The molecule has 2 rings (SSSR count). The quantitative estimate of drug-likeness (QED) is 0.617. The molecule has 0 aliphatic heterocycles. The van der Waals surface area contributed by atoms with Gasteiger partial charge in [-0.2, -0.15) is 13.2 Å². The maximum Gasteiger partial charge on any atom is 0.416 e. The predicted octanol–water partition coefficient (Wildman–Crippen LogP) is 4.47. The lowest BCUT2D eigenvalue weighted by Crippen LogP contribution is -2.06. The lowest BCUT2D eigenvalue weighted by molar-refractivity contribution is -0.137. The Morgan fingerprint density at radius 2 is 1.70 bits per heavy atom. The molecule has 0 aromatic heterocycles. The van der Waals surface area contributed by atoms with Crippen LogP contribution in [0.1, 0.15) is 11.1 Å². The third-order valence-corrected chi connectivity index (χ3v) is 3.36. The van der Waals surface area contributed by atoms with Crippen molar-refractivity contribution in [3.05, 3.63) is 57.2 Å². The Hall–Kier alpha value is -1.44. The molecule has 106 valence electrons. The van der Waals surface area contributed by atoms with E-state index in [0.29, 0.717) is 0 Å². The first kappa shape index (κ1) is 15.0. The molecular formula is C14H11F3INO. The van der Waals surface area contributed by atoms with Crippen molar-refractivity contribution in [1.29, 1.82) is 0 Å². The fourth-order valence-corrected chi connectivity index (χ4v) is 1.96. The number of nitrogens with two attached hydrogens (primary N) is 1. The van der Waals surface area contributed by atoms with Crippen LogP contribution in [0.2, 0.25) is 0 Å². The fraction of sp³-hybridized carbons (Fsp3) is 0.143. The normalized spacial score (nSPS) is 11.4. The number of hydrogen-bond donors (Lipinski definition) is 1. The molecule has 0 radical (unpaired) electrons. The van der Waals surface area contributed by atoms with Gasteiger partial charge in [0.1, 0.15) is 12.4 Å². The summed E-state index contributed by atoms with van der Waals surface area (Å²) in [4.78, 5) is 0. The standard InChI is InChI=1S/C14H11F3INO/c15-14(16,17)10-3-6-13(12(19)7-10)20-8-9-1-4-11(18)5-2-9/h1-7H,8,19H2. The molecule has 0 amide bonds. The zero-order chi connectivity index (χ0) is 14.8. The van der Waals surface area contributed by atoms with Crippen LogP contribution >= 0.6 is 22.6 Å². The summed E-state index contributed by atoms with van der Waals surface area (Å²) in [5.74, 6) is 0.247. The number of nitrogen functional groups attached to an aromatic ring is 1. The average Bonchev–Trinajstić information content (AvgIpc) is 2.38. The van der Waals surface area contributed by atoms with Gasteiger partial charge in [-0.25, -0.2) is 0 Å². The van der Waals surface area contributed by atoms with Gasteiger partial charge in [-0.3, -0.25) is 0 Å². The molecule has 0 saturated carbocycles. The van der Waals surface area contributed by atoms with Gasteiger partial charge in [0.15, 0.2) is 0 Å². The molecule has 0 aliphatic rings. The highest BCUT2D eigenvalue weighted by Crippen LogP contribution is 2.33. The van der Waals surface area contributed by atoms with Crippen molar-refractivity contribution in [2.24, 2.45) is 0 Å². The molecule has 0 fully saturated rings. The van der Waals surface area contributed by atoms with Gasteiger partial charge in [0, 0.05) is 3.57 Å². The average molecular weight is 393 g/mol. The largest absolute Gasteiger partial charge is 0.487 e. The number of anilines is 1. The third-order valence-electron chi connectivity index (χ3n) is 2.64. The van der Waals surface area contributed by atoms with E-state index in [0.717, 1.165) is 21.3 Å². The summed E-state index contributed by atoms with van der Waals surface area (Å²) in [7, 11) is 0. The van der Waals surface area contributed by atoms with Gasteiger partial charge in [0.2, 0.25) is 0 Å². The topological polar surface area (TPSA) is 35.2 Å². The molecule has 0 bridgehead atoms. The Balaban J connectivity index is 2.08. The van der Waals surface area contributed by atoms with Crippen molar-refractivity contribution >= 4 is 28.3 Å². The van der Waals surface area contributed by atoms with Crippen molar-refractivity contribution < 1.29 is 17.9 Å². The van der Waals surface area contributed by atoms with Gasteiger partial charge in [-0.1, -0.05) is 12.1 Å². The Kier molecular flexibility index (Phi) is 4.42. The van der Waals surface area contributed by atoms with Crippen LogP contribution < -0.4 is 10.5 Å². The molecule has 0 saturated heterocycles. The van der Waals surface area contributed by atoms with Crippen molar-refractivity contribution in [2.75, 3.05) is 5.73 Å². The van der Waals surface area contributed by atoms with E-state index in [1.54, 1.807) is 0 Å². The SMILES string of the molecule is Nc1cc(C(F)(F)F)ccc1OCc1ccc(I)cc1. The van der Waals surface area contributed by atoms with Gasteiger partial charge in [-0.05, 0) is 58.5 Å². The van der Waals surface area contributed by atoms with E-state index in [-0.39, 0.29) is 18.0 Å². The molecule has 6 heteroatoms. The highest BCUT2D eigenvalue weighted by molar-refractivity contribution is 14.1. The molecule has 0 heterocycles. The van der Waals surface area contributed by atoms with Crippen molar-refractivity contribution in [2.45, 2.75) is 12.8 Å². The second kappa shape index (κ2) is 5.90. The molecule has 20 heavy (non-hydrogen) atoms. The number of benzene rings is 2. The summed E-state index contributed by atoms with van der Waals surface area (Å²) in [5, 5.41) is 0. The third kappa shape index (κ3) is 3.78. The molecule has 2 N–H and O–H groups in total. The van der Waals surface area contributed by atoms with Crippen LogP contribution in [-0.4, -0.2) is 0 Å². The highest BCUT2D eigenvalue weighted by Gasteiger charge is 2.30. The van der Waals surface area contributed by atoms with E-state index in [1.807, 2.05) is 24.3 Å². The first-order valence-corrected chi connectivity index (χ1v) is 6.78. The van der Waals surface area contributed by atoms with E-state index >= 15 is 0 Å². The van der Waals surface area contributed by atoms with Crippen LogP contribution in [0.4, 0.5) is 18.9 Å². The Morgan fingerprint density at radius 3 is 2.25 bits per heavy atom. The first-order chi connectivity index (χ1) is 9.36. The summed E-state index contributed by atoms with van der Waals surface area (Å²) in [6.45, 7) is 0.256. The van der Waals surface area contributed by atoms with Gasteiger partial charge in [-0.15, -0.1) is 0 Å². The summed E-state index contributed by atoms with van der Waals surface area (Å²) in [6.07, 6.45) is -4.40. The van der Waals surface area contributed by atoms with Gasteiger partial charge >= 0.3 is 6.18 Å². The van der Waals surface area contributed by atoms with Crippen molar-refractivity contribution in [3.8, 4) is 5.75 Å². The molecular weight excluding hydrogens is 382 g/mol. The minimum atomic E-state index is -4.40. The Labute approximate surface area is 127 Å². The molecule has 2 nitrogen and oxygen atoms in total. The zero-order valence-electron chi connectivity index (χ0n) is 10.2. The molecule has 0 atom stereocenters. The molecule has 2 aromatic carbocycles. The number of rotatable bonds is 3. The van der Waals surface area contributed by atoms with Crippen LogP contribution in [-0.2, 0) is 12.8 Å². The molecule has 0 unspecified atom stereocenters. The van der Waals surface area contributed by atoms with E-state index in [2.05, 4.69) is 22.6 Å². The van der Waals surface area contributed by atoms with Crippen LogP contribution in [0.15, 0.2) is 42.5 Å². The smallest absolute Gasteiger partial charge is 0.416 e. The molecule has 0 aliphatic carbocycles. The van der Waals surface area contributed by atoms with E-state index < -0.39 is 11.7 Å². The fourth-order valence-electron chi connectivity index (χ4n) is 1.60. The molecule has 2 aromatic rings. The minimum Gasteiger partial charge on any atom is -0.487 e. The monoisotopic (exact) mass is 393 g/mol. The molecule has 0 spiro atoms. The van der Waals surface area contributed by atoms with Gasteiger partial charge < -0.3 is 10.5 Å². The van der Waals surface area contributed by atoms with Crippen LogP contribution in [0.3, 0.4) is 0 Å². The second-order valence-corrected chi connectivity index (χ2v) is 5.41. The Morgan fingerprint density at radius 1 is 1.05 bits per heavy atom. The van der Waals surface area contributed by atoms with Crippen LogP contribution in [0.25, 0.3) is 0 Å². The summed E-state index contributed by atoms with van der Waals surface area (Å²) >= 11 is 2.19. The number of hydrogen-bond acceptors (Lipinski definition) is 2. The van der Waals surface area contributed by atoms with Crippen molar-refractivity contribution in [1.82, 2.24) is 0 Å².